The molecule has 1 N–H and O–H groups in total. The van der Waals surface area contributed by atoms with Gasteiger partial charge >= 0.3 is 0 Å². The smallest absolute Gasteiger partial charge is 0.0638 e. The van der Waals surface area contributed by atoms with E-state index in [0.29, 0.717) is 0 Å². The molecule has 0 fully saturated rings. The van der Waals surface area contributed by atoms with Crippen molar-refractivity contribution in [2.24, 2.45) is 0 Å². The maximum Gasteiger partial charge on any atom is 0.0638 e. The van der Waals surface area contributed by atoms with Gasteiger partial charge in [0.05, 0.1) is 6.10 Å². The predicted molar refractivity (Wildman–Crippen MR) is 53.7 cm³/mol. The van der Waals surface area contributed by atoms with Crippen LogP contribution in [0, 0.1) is 0 Å². The molecule has 0 aromatic carbocycles. The van der Waals surface area contributed by atoms with Crippen LogP contribution in [-0.2, 0) is 0 Å². The zero-order valence-corrected chi connectivity index (χ0v) is 8.85. The summed E-state index contributed by atoms with van der Waals surface area (Å²) >= 11 is 5.55. The number of aliphatic hydroxyl groups is 1. The molecule has 1 atom stereocenters. The molecule has 12 heavy (non-hydrogen) atoms. The summed E-state index contributed by atoms with van der Waals surface area (Å²) in [6.07, 6.45) is 3.25. The number of hydrogen-bond acceptors (Lipinski definition) is 2. The van der Waals surface area contributed by atoms with Crippen LogP contribution in [0.4, 0.5) is 0 Å². The molecule has 0 aliphatic heterocycles. The first kappa shape index (κ1) is 12.2. The van der Waals surface area contributed by atoms with Gasteiger partial charge in [0, 0.05) is 12.4 Å². The average Bonchev–Trinajstić information content (AvgIpc) is 1.97. The minimum absolute atomic E-state index is 0.219. The number of likely N-dealkylation sites (N-methyl/N-ethyl adjacent to an activating group) is 1. The Morgan fingerprint density at radius 1 is 1.33 bits per heavy atom. The van der Waals surface area contributed by atoms with Crippen LogP contribution in [0.5, 0.6) is 0 Å². The standard InChI is InChI=1S/C9H20ClNO/c1-9(12)8-11(2)7-5-3-4-6-10/h9,12H,3-8H2,1-2H3. The van der Waals surface area contributed by atoms with Crippen LogP contribution in [0.1, 0.15) is 26.2 Å². The first-order chi connectivity index (χ1) is 5.66. The molecule has 0 rings (SSSR count). The van der Waals surface area contributed by atoms with Gasteiger partial charge in [-0.3, -0.25) is 0 Å². The molecule has 0 bridgehead atoms. The number of nitrogens with zero attached hydrogens (tertiary/aromatic N) is 1. The van der Waals surface area contributed by atoms with Gasteiger partial charge in [0.25, 0.3) is 0 Å². The molecule has 0 spiro atoms. The minimum atomic E-state index is -0.219. The summed E-state index contributed by atoms with van der Waals surface area (Å²) in [7, 11) is 2.04. The van der Waals surface area contributed by atoms with Crippen molar-refractivity contribution in [1.29, 1.82) is 0 Å². The van der Waals surface area contributed by atoms with Crippen molar-refractivity contribution in [2.75, 3.05) is 26.0 Å². The fraction of sp³-hybridized carbons (Fsp3) is 1.00. The van der Waals surface area contributed by atoms with Crippen LogP contribution < -0.4 is 0 Å². The number of aliphatic hydroxyl groups excluding tert-OH is 1. The van der Waals surface area contributed by atoms with Gasteiger partial charge in [-0.25, -0.2) is 0 Å². The Bertz CT molecular complexity index is 98.5. The van der Waals surface area contributed by atoms with Crippen molar-refractivity contribution in [3.8, 4) is 0 Å². The van der Waals surface area contributed by atoms with Crippen LogP contribution in [0.15, 0.2) is 0 Å². The number of halogens is 1. The third-order valence-electron chi connectivity index (χ3n) is 1.75. The van der Waals surface area contributed by atoms with Crippen molar-refractivity contribution in [2.45, 2.75) is 32.3 Å². The van der Waals surface area contributed by atoms with E-state index in [1.54, 1.807) is 0 Å². The second kappa shape index (κ2) is 7.84. The van der Waals surface area contributed by atoms with E-state index in [1.807, 2.05) is 14.0 Å². The molecule has 74 valence electrons. The molecule has 0 saturated heterocycles. The summed E-state index contributed by atoms with van der Waals surface area (Å²) in [6.45, 7) is 3.64. The van der Waals surface area contributed by atoms with Crippen LogP contribution in [0.3, 0.4) is 0 Å². The molecule has 1 unspecified atom stereocenters. The van der Waals surface area contributed by atoms with Crippen LogP contribution >= 0.6 is 11.6 Å². The topological polar surface area (TPSA) is 23.5 Å². The molecule has 0 heterocycles. The average molecular weight is 194 g/mol. The molecule has 0 aromatic rings. The Hall–Kier alpha value is 0.210. The summed E-state index contributed by atoms with van der Waals surface area (Å²) in [5.74, 6) is 0.764. The number of hydrogen-bond donors (Lipinski definition) is 1. The van der Waals surface area contributed by atoms with E-state index in [4.69, 9.17) is 16.7 Å². The zero-order valence-electron chi connectivity index (χ0n) is 8.09. The van der Waals surface area contributed by atoms with Gasteiger partial charge < -0.3 is 10.0 Å². The summed E-state index contributed by atoms with van der Waals surface area (Å²) in [6, 6.07) is 0. The van der Waals surface area contributed by atoms with Gasteiger partial charge in [-0.15, -0.1) is 11.6 Å². The second-order valence-electron chi connectivity index (χ2n) is 3.36. The van der Waals surface area contributed by atoms with E-state index in [9.17, 15) is 0 Å². The van der Waals surface area contributed by atoms with Crippen molar-refractivity contribution in [1.82, 2.24) is 4.90 Å². The largest absolute Gasteiger partial charge is 0.392 e. The highest BCUT2D eigenvalue weighted by molar-refractivity contribution is 6.17. The fourth-order valence-corrected chi connectivity index (χ4v) is 1.38. The van der Waals surface area contributed by atoms with Crippen LogP contribution in [-0.4, -0.2) is 42.1 Å². The maximum atomic E-state index is 9.06. The summed E-state index contributed by atoms with van der Waals surface area (Å²) in [5, 5.41) is 9.06. The van der Waals surface area contributed by atoms with E-state index in [0.717, 1.165) is 25.4 Å². The fourth-order valence-electron chi connectivity index (χ4n) is 1.20. The van der Waals surface area contributed by atoms with Crippen molar-refractivity contribution >= 4 is 11.6 Å². The summed E-state index contributed by atoms with van der Waals surface area (Å²) < 4.78 is 0. The van der Waals surface area contributed by atoms with Gasteiger partial charge in [0.15, 0.2) is 0 Å². The normalized spacial score (nSPS) is 13.8. The lowest BCUT2D eigenvalue weighted by Crippen LogP contribution is -2.28. The molecule has 0 amide bonds. The summed E-state index contributed by atoms with van der Waals surface area (Å²) in [4.78, 5) is 2.15. The third-order valence-corrected chi connectivity index (χ3v) is 2.02. The van der Waals surface area contributed by atoms with Gasteiger partial charge in [0.1, 0.15) is 0 Å². The molecule has 3 heteroatoms. The SMILES string of the molecule is CC(O)CN(C)CCCCCCl. The number of rotatable bonds is 7. The predicted octanol–water partition coefficient (Wildman–Crippen LogP) is 1.71. The van der Waals surface area contributed by atoms with Crippen molar-refractivity contribution in [3.05, 3.63) is 0 Å². The lowest BCUT2D eigenvalue weighted by molar-refractivity contribution is 0.140. The second-order valence-corrected chi connectivity index (χ2v) is 3.74. The Labute approximate surface area is 80.5 Å². The van der Waals surface area contributed by atoms with Gasteiger partial charge in [-0.05, 0) is 33.4 Å². The highest BCUT2D eigenvalue weighted by Crippen LogP contribution is 1.99. The zero-order chi connectivity index (χ0) is 9.40. The monoisotopic (exact) mass is 193 g/mol. The molecule has 0 aromatic heterocycles. The number of alkyl halides is 1. The number of unbranched alkanes of at least 4 members (excludes halogenated alkanes) is 2. The minimum Gasteiger partial charge on any atom is -0.392 e. The molecular formula is C9H20ClNO. The molecule has 0 aliphatic rings. The quantitative estimate of drug-likeness (QED) is 0.492. The Morgan fingerprint density at radius 3 is 2.50 bits per heavy atom. The summed E-state index contributed by atoms with van der Waals surface area (Å²) in [5.41, 5.74) is 0. The van der Waals surface area contributed by atoms with Gasteiger partial charge in [0.2, 0.25) is 0 Å². The molecule has 0 aliphatic carbocycles. The molecule has 2 nitrogen and oxygen atoms in total. The molecule has 0 saturated carbocycles. The van der Waals surface area contributed by atoms with Crippen LogP contribution in [0.2, 0.25) is 0 Å². The third kappa shape index (κ3) is 8.31. The van der Waals surface area contributed by atoms with Crippen LogP contribution in [0.25, 0.3) is 0 Å². The lowest BCUT2D eigenvalue weighted by atomic mass is 10.2. The van der Waals surface area contributed by atoms with Gasteiger partial charge in [-0.2, -0.15) is 0 Å². The Kier molecular flexibility index (Phi) is 7.98. The maximum absolute atomic E-state index is 9.06. The van der Waals surface area contributed by atoms with E-state index >= 15 is 0 Å². The Morgan fingerprint density at radius 2 is 2.00 bits per heavy atom. The molecular weight excluding hydrogens is 174 g/mol. The van der Waals surface area contributed by atoms with Crippen molar-refractivity contribution < 1.29 is 5.11 Å². The Balaban J connectivity index is 3.14. The van der Waals surface area contributed by atoms with E-state index in [-0.39, 0.29) is 6.10 Å². The first-order valence-corrected chi connectivity index (χ1v) is 5.13. The highest BCUT2D eigenvalue weighted by atomic mass is 35.5. The van der Waals surface area contributed by atoms with E-state index in [1.165, 1.54) is 12.8 Å². The highest BCUT2D eigenvalue weighted by Gasteiger charge is 2.01. The first-order valence-electron chi connectivity index (χ1n) is 4.59. The van der Waals surface area contributed by atoms with E-state index < -0.39 is 0 Å². The molecule has 0 radical (unpaired) electrons. The van der Waals surface area contributed by atoms with Crippen molar-refractivity contribution in [3.63, 3.8) is 0 Å². The van der Waals surface area contributed by atoms with Gasteiger partial charge in [-0.1, -0.05) is 6.42 Å². The lowest BCUT2D eigenvalue weighted by Gasteiger charge is -2.17. The van der Waals surface area contributed by atoms with E-state index in [2.05, 4.69) is 4.90 Å².